The molecule has 0 spiro atoms. The molecule has 37 heavy (non-hydrogen) atoms. The summed E-state index contributed by atoms with van der Waals surface area (Å²) >= 11 is 0. The van der Waals surface area contributed by atoms with Crippen LogP contribution in [0.25, 0.3) is 11.3 Å². The lowest BCUT2D eigenvalue weighted by Crippen LogP contribution is -2.41. The van der Waals surface area contributed by atoms with Gasteiger partial charge in [-0.05, 0) is 55.3 Å². The summed E-state index contributed by atoms with van der Waals surface area (Å²) in [7, 11) is -4.84. The maximum atomic E-state index is 14.2. The van der Waals surface area contributed by atoms with Crippen molar-refractivity contribution in [3.8, 4) is 22.8 Å². The van der Waals surface area contributed by atoms with E-state index in [-0.39, 0.29) is 19.2 Å². The molecule has 0 saturated carbocycles. The maximum Gasteiger partial charge on any atom is 0.249 e. The zero-order valence-electron chi connectivity index (χ0n) is 19.3. The van der Waals surface area contributed by atoms with Gasteiger partial charge in [-0.2, -0.15) is 9.40 Å². The first-order valence-electron chi connectivity index (χ1n) is 11.5. The van der Waals surface area contributed by atoms with E-state index in [0.717, 1.165) is 9.87 Å². The van der Waals surface area contributed by atoms with Crippen molar-refractivity contribution in [2.75, 3.05) is 13.1 Å². The molecule has 6 nitrogen and oxygen atoms in total. The lowest BCUT2D eigenvalue weighted by Gasteiger charge is -2.32. The van der Waals surface area contributed by atoms with Gasteiger partial charge in [0.25, 0.3) is 0 Å². The third-order valence-corrected chi connectivity index (χ3v) is 8.03. The van der Waals surface area contributed by atoms with Gasteiger partial charge in [-0.15, -0.1) is 0 Å². The first kappa shape index (κ1) is 25.0. The number of ether oxygens (including phenoxy) is 1. The van der Waals surface area contributed by atoms with Gasteiger partial charge in [0.2, 0.25) is 10.0 Å². The lowest BCUT2D eigenvalue weighted by atomic mass is 10.1. The Labute approximate surface area is 210 Å². The smallest absolute Gasteiger partial charge is 0.249 e. The number of benzene rings is 3. The number of hydrogen-bond donors (Lipinski definition) is 0. The zero-order valence-corrected chi connectivity index (χ0v) is 20.1. The van der Waals surface area contributed by atoms with E-state index in [9.17, 15) is 26.0 Å². The predicted molar refractivity (Wildman–Crippen MR) is 127 cm³/mol. The third kappa shape index (κ3) is 4.96. The highest BCUT2D eigenvalue weighted by atomic mass is 32.2. The van der Waals surface area contributed by atoms with Crippen LogP contribution in [-0.2, 0) is 10.0 Å². The summed E-state index contributed by atoms with van der Waals surface area (Å²) in [6.45, 7) is -0.211. The highest BCUT2D eigenvalue weighted by Gasteiger charge is 2.37. The number of para-hydroxylation sites is 1. The number of piperidine rings is 1. The third-order valence-electron chi connectivity index (χ3n) is 6.14. The van der Waals surface area contributed by atoms with Gasteiger partial charge in [0.15, 0.2) is 28.2 Å². The van der Waals surface area contributed by atoms with Crippen molar-refractivity contribution in [3.63, 3.8) is 0 Å². The molecule has 5 rings (SSSR count). The van der Waals surface area contributed by atoms with Crippen molar-refractivity contribution < 1.29 is 30.7 Å². The SMILES string of the molecule is O=S(=O)(c1c(F)c(F)cc(F)c1F)N1CCC[C@@H](n2ccc(-c3ccc(Oc4ccccc4)cc3)n2)C1. The second kappa shape index (κ2) is 9.98. The molecule has 1 fully saturated rings. The van der Waals surface area contributed by atoms with Crippen LogP contribution >= 0.6 is 0 Å². The standard InChI is InChI=1S/C26H21F4N3O3S/c27-21-15-22(28)25(30)26(24(21)29)37(34,35)32-13-4-5-18(16-32)33-14-12-23(31-33)17-8-10-20(11-9-17)36-19-6-2-1-3-7-19/h1-3,6-12,14-15,18H,4-5,13,16H2/t18-/m1/s1. The number of sulfonamides is 1. The molecule has 2 heterocycles. The van der Waals surface area contributed by atoms with Crippen molar-refractivity contribution in [3.05, 3.63) is 96.2 Å². The highest BCUT2D eigenvalue weighted by Crippen LogP contribution is 2.32. The van der Waals surface area contributed by atoms with Gasteiger partial charge in [0.05, 0.1) is 11.7 Å². The van der Waals surface area contributed by atoms with Crippen LogP contribution in [0.5, 0.6) is 11.5 Å². The number of aromatic nitrogens is 2. The normalized spacial score (nSPS) is 16.6. The van der Waals surface area contributed by atoms with Crippen LogP contribution in [0.15, 0.2) is 77.8 Å². The van der Waals surface area contributed by atoms with Crippen LogP contribution in [0.1, 0.15) is 18.9 Å². The molecule has 1 aliphatic heterocycles. The Kier molecular flexibility index (Phi) is 6.74. The summed E-state index contributed by atoms with van der Waals surface area (Å²) in [6.07, 6.45) is 2.61. The molecular weight excluding hydrogens is 510 g/mol. The highest BCUT2D eigenvalue weighted by molar-refractivity contribution is 7.89. The molecule has 4 aromatic rings. The molecule has 0 aliphatic carbocycles. The fourth-order valence-electron chi connectivity index (χ4n) is 4.28. The van der Waals surface area contributed by atoms with Gasteiger partial charge < -0.3 is 4.74 Å². The van der Waals surface area contributed by atoms with E-state index in [1.165, 1.54) is 0 Å². The van der Waals surface area contributed by atoms with Crippen LogP contribution in [0, 0.1) is 23.3 Å². The van der Waals surface area contributed by atoms with Crippen molar-refractivity contribution in [2.45, 2.75) is 23.8 Å². The summed E-state index contributed by atoms with van der Waals surface area (Å²) in [5, 5.41) is 4.56. The second-order valence-electron chi connectivity index (χ2n) is 8.58. The average Bonchev–Trinajstić information content (AvgIpc) is 3.39. The van der Waals surface area contributed by atoms with Crippen molar-refractivity contribution >= 4 is 10.0 Å². The number of hydrogen-bond acceptors (Lipinski definition) is 4. The van der Waals surface area contributed by atoms with E-state index in [2.05, 4.69) is 5.10 Å². The number of halogens is 4. The van der Waals surface area contributed by atoms with Crippen molar-refractivity contribution in [1.29, 1.82) is 0 Å². The molecular formula is C26H21F4N3O3S. The molecule has 1 aliphatic rings. The Morgan fingerprint density at radius 2 is 1.51 bits per heavy atom. The van der Waals surface area contributed by atoms with Gasteiger partial charge in [-0.3, -0.25) is 4.68 Å². The summed E-state index contributed by atoms with van der Waals surface area (Å²) in [5.74, 6) is -6.08. The minimum atomic E-state index is -4.84. The van der Waals surface area contributed by atoms with E-state index in [0.29, 0.717) is 30.0 Å². The van der Waals surface area contributed by atoms with Crippen LogP contribution in [0.3, 0.4) is 0 Å². The fourth-order valence-corrected chi connectivity index (χ4v) is 5.92. The summed E-state index contributed by atoms with van der Waals surface area (Å²) < 4.78 is 90.0. The van der Waals surface area contributed by atoms with Gasteiger partial charge in [-0.1, -0.05) is 18.2 Å². The first-order chi connectivity index (χ1) is 17.7. The Bertz CT molecular complexity index is 1500. The molecule has 192 valence electrons. The lowest BCUT2D eigenvalue weighted by molar-refractivity contribution is 0.252. The van der Waals surface area contributed by atoms with Crippen LogP contribution < -0.4 is 4.74 Å². The van der Waals surface area contributed by atoms with Gasteiger partial charge in [0.1, 0.15) is 11.5 Å². The van der Waals surface area contributed by atoms with Crippen LogP contribution in [0.2, 0.25) is 0 Å². The molecule has 1 saturated heterocycles. The molecule has 0 N–H and O–H groups in total. The monoisotopic (exact) mass is 531 g/mol. The van der Waals surface area contributed by atoms with E-state index >= 15 is 0 Å². The Morgan fingerprint density at radius 1 is 0.865 bits per heavy atom. The van der Waals surface area contributed by atoms with Crippen molar-refractivity contribution in [2.24, 2.45) is 0 Å². The zero-order chi connectivity index (χ0) is 26.2. The van der Waals surface area contributed by atoms with E-state index in [4.69, 9.17) is 4.74 Å². The van der Waals surface area contributed by atoms with E-state index < -0.39 is 44.2 Å². The van der Waals surface area contributed by atoms with Gasteiger partial charge in [0, 0.05) is 30.9 Å². The molecule has 0 amide bonds. The first-order valence-corrected chi connectivity index (χ1v) is 12.9. The Hall–Kier alpha value is -3.70. The molecule has 0 bridgehead atoms. The maximum absolute atomic E-state index is 14.2. The van der Waals surface area contributed by atoms with E-state index in [1.807, 2.05) is 42.5 Å². The van der Waals surface area contributed by atoms with E-state index in [1.54, 1.807) is 29.1 Å². The summed E-state index contributed by atoms with van der Waals surface area (Å²) in [5.41, 5.74) is 1.44. The van der Waals surface area contributed by atoms with Gasteiger partial charge in [-0.25, -0.2) is 26.0 Å². The second-order valence-corrected chi connectivity index (χ2v) is 10.5. The predicted octanol–water partition coefficient (Wildman–Crippen LogP) is 5.92. The summed E-state index contributed by atoms with van der Waals surface area (Å²) in [4.78, 5) is -1.62. The largest absolute Gasteiger partial charge is 0.457 e. The Balaban J connectivity index is 1.33. The summed E-state index contributed by atoms with van der Waals surface area (Å²) in [6, 6.07) is 17.9. The van der Waals surface area contributed by atoms with Gasteiger partial charge >= 0.3 is 0 Å². The molecule has 0 unspecified atom stereocenters. The molecule has 1 atom stereocenters. The topological polar surface area (TPSA) is 64.4 Å². The fraction of sp³-hybridized carbons (Fsp3) is 0.192. The van der Waals surface area contributed by atoms with Crippen molar-refractivity contribution in [1.82, 2.24) is 14.1 Å². The minimum Gasteiger partial charge on any atom is -0.457 e. The molecule has 11 heteroatoms. The van der Waals surface area contributed by atoms with Crippen LogP contribution in [0.4, 0.5) is 17.6 Å². The quantitative estimate of drug-likeness (QED) is 0.229. The Morgan fingerprint density at radius 3 is 2.19 bits per heavy atom. The minimum absolute atomic E-state index is 0.0195. The number of rotatable bonds is 6. The molecule has 0 radical (unpaired) electrons. The molecule has 1 aromatic heterocycles. The average molecular weight is 532 g/mol. The molecule has 3 aromatic carbocycles. The van der Waals surface area contributed by atoms with Crippen LogP contribution in [-0.4, -0.2) is 35.6 Å². The number of nitrogens with zero attached hydrogens (tertiary/aromatic N) is 3.